The van der Waals surface area contributed by atoms with Crippen molar-refractivity contribution in [2.75, 3.05) is 5.32 Å². The maximum Gasteiger partial charge on any atom is 0.265 e. The second-order valence-electron chi connectivity index (χ2n) is 6.36. The van der Waals surface area contributed by atoms with Crippen molar-refractivity contribution in [2.24, 2.45) is 0 Å². The summed E-state index contributed by atoms with van der Waals surface area (Å²) in [5.41, 5.74) is 2.91. The first kappa shape index (κ1) is 18.5. The normalized spacial score (nSPS) is 11.5. The molecule has 0 heterocycles. The van der Waals surface area contributed by atoms with Gasteiger partial charge in [0.05, 0.1) is 0 Å². The molecule has 4 nitrogen and oxygen atoms in total. The fourth-order valence-electron chi connectivity index (χ4n) is 2.52. The van der Waals surface area contributed by atoms with Crippen LogP contribution in [0.15, 0.2) is 78.9 Å². The van der Waals surface area contributed by atoms with E-state index in [1.165, 1.54) is 0 Å². The van der Waals surface area contributed by atoms with Crippen LogP contribution in [0.25, 0.3) is 0 Å². The third kappa shape index (κ3) is 5.61. The predicted molar refractivity (Wildman–Crippen MR) is 107 cm³/mol. The Bertz CT molecular complexity index is 876. The summed E-state index contributed by atoms with van der Waals surface area (Å²) >= 11 is 0. The molecule has 0 radical (unpaired) electrons. The maximum absolute atomic E-state index is 12.4. The van der Waals surface area contributed by atoms with E-state index in [9.17, 15) is 4.79 Å². The van der Waals surface area contributed by atoms with Crippen LogP contribution < -0.4 is 14.8 Å². The number of ether oxygens (including phenoxy) is 2. The van der Waals surface area contributed by atoms with Crippen molar-refractivity contribution in [3.63, 3.8) is 0 Å². The number of anilines is 1. The zero-order chi connectivity index (χ0) is 19.1. The molecule has 1 N–H and O–H groups in total. The number of carbonyl (C=O) groups is 1. The van der Waals surface area contributed by atoms with Crippen LogP contribution in [0.2, 0.25) is 0 Å². The third-order valence-corrected chi connectivity index (χ3v) is 4.05. The van der Waals surface area contributed by atoms with Gasteiger partial charge in [-0.25, -0.2) is 0 Å². The molecule has 3 aromatic carbocycles. The van der Waals surface area contributed by atoms with Crippen molar-refractivity contribution in [1.82, 2.24) is 0 Å². The Morgan fingerprint density at radius 2 is 1.67 bits per heavy atom. The second kappa shape index (κ2) is 8.90. The van der Waals surface area contributed by atoms with Crippen molar-refractivity contribution in [3.05, 3.63) is 90.0 Å². The second-order valence-corrected chi connectivity index (χ2v) is 6.36. The van der Waals surface area contributed by atoms with Gasteiger partial charge in [-0.15, -0.1) is 0 Å². The standard InChI is InChI=1S/C23H23NO3/c1-17-11-13-21(14-12-17)27-18(2)23(25)24-20-9-6-10-22(15-20)26-16-19-7-4-3-5-8-19/h3-15,18H,16H2,1-2H3,(H,24,25). The average Bonchev–Trinajstić information content (AvgIpc) is 2.69. The lowest BCUT2D eigenvalue weighted by atomic mass is 10.2. The van der Waals surface area contributed by atoms with Gasteiger partial charge in [-0.1, -0.05) is 54.1 Å². The highest BCUT2D eigenvalue weighted by molar-refractivity contribution is 5.94. The highest BCUT2D eigenvalue weighted by atomic mass is 16.5. The molecule has 1 atom stereocenters. The summed E-state index contributed by atoms with van der Waals surface area (Å²) in [5.74, 6) is 1.16. The molecule has 0 saturated carbocycles. The van der Waals surface area contributed by atoms with Gasteiger partial charge >= 0.3 is 0 Å². The topological polar surface area (TPSA) is 47.6 Å². The van der Waals surface area contributed by atoms with E-state index in [1.54, 1.807) is 13.0 Å². The van der Waals surface area contributed by atoms with E-state index in [4.69, 9.17) is 9.47 Å². The molecule has 0 aliphatic rings. The average molecular weight is 361 g/mol. The van der Waals surface area contributed by atoms with Crippen molar-refractivity contribution >= 4 is 11.6 Å². The van der Waals surface area contributed by atoms with Crippen LogP contribution in [0.3, 0.4) is 0 Å². The first-order valence-corrected chi connectivity index (χ1v) is 8.91. The van der Waals surface area contributed by atoms with Crippen molar-refractivity contribution in [1.29, 1.82) is 0 Å². The van der Waals surface area contributed by atoms with E-state index >= 15 is 0 Å². The first-order chi connectivity index (χ1) is 13.1. The van der Waals surface area contributed by atoms with Crippen LogP contribution in [0, 0.1) is 6.92 Å². The fourth-order valence-corrected chi connectivity index (χ4v) is 2.52. The number of nitrogens with one attached hydrogen (secondary N) is 1. The van der Waals surface area contributed by atoms with Gasteiger partial charge in [0.1, 0.15) is 18.1 Å². The first-order valence-electron chi connectivity index (χ1n) is 8.91. The number of hydrogen-bond acceptors (Lipinski definition) is 3. The lowest BCUT2D eigenvalue weighted by molar-refractivity contribution is -0.122. The molecule has 27 heavy (non-hydrogen) atoms. The summed E-state index contributed by atoms with van der Waals surface area (Å²) in [6.45, 7) is 4.21. The lowest BCUT2D eigenvalue weighted by Gasteiger charge is -2.15. The number of hydrogen-bond donors (Lipinski definition) is 1. The minimum absolute atomic E-state index is 0.212. The summed E-state index contributed by atoms with van der Waals surface area (Å²) in [5, 5.41) is 2.87. The largest absolute Gasteiger partial charge is 0.489 e. The van der Waals surface area contributed by atoms with Crippen molar-refractivity contribution in [2.45, 2.75) is 26.6 Å². The highest BCUT2D eigenvalue weighted by Crippen LogP contribution is 2.20. The maximum atomic E-state index is 12.4. The van der Waals surface area contributed by atoms with Crippen LogP contribution in [0.1, 0.15) is 18.1 Å². The Labute approximate surface area is 159 Å². The third-order valence-electron chi connectivity index (χ3n) is 4.05. The Morgan fingerprint density at radius 3 is 2.41 bits per heavy atom. The van der Waals surface area contributed by atoms with Crippen molar-refractivity contribution < 1.29 is 14.3 Å². The Morgan fingerprint density at radius 1 is 0.926 bits per heavy atom. The van der Waals surface area contributed by atoms with Gasteiger partial charge in [0, 0.05) is 11.8 Å². The Balaban J connectivity index is 1.56. The van der Waals surface area contributed by atoms with Crippen LogP contribution in [-0.2, 0) is 11.4 Å². The summed E-state index contributed by atoms with van der Waals surface area (Å²) in [7, 11) is 0. The van der Waals surface area contributed by atoms with E-state index in [-0.39, 0.29) is 5.91 Å². The van der Waals surface area contributed by atoms with E-state index in [2.05, 4.69) is 5.32 Å². The van der Waals surface area contributed by atoms with E-state index in [1.807, 2.05) is 79.7 Å². The SMILES string of the molecule is Cc1ccc(OC(C)C(=O)Nc2cccc(OCc3ccccc3)c2)cc1. The predicted octanol–water partition coefficient (Wildman–Crippen LogP) is 4.98. The Hall–Kier alpha value is -3.27. The van der Waals surface area contributed by atoms with Gasteiger partial charge in [-0.05, 0) is 43.7 Å². The summed E-state index contributed by atoms with van der Waals surface area (Å²) in [4.78, 5) is 12.4. The molecular formula is C23H23NO3. The minimum atomic E-state index is -0.610. The quantitative estimate of drug-likeness (QED) is 0.646. The molecule has 3 rings (SSSR count). The molecule has 0 aromatic heterocycles. The van der Waals surface area contributed by atoms with E-state index in [0.29, 0.717) is 23.8 Å². The zero-order valence-electron chi connectivity index (χ0n) is 15.5. The molecule has 0 bridgehead atoms. The molecule has 1 amide bonds. The molecule has 1 unspecified atom stereocenters. The van der Waals surface area contributed by atoms with Gasteiger partial charge in [0.15, 0.2) is 6.10 Å². The molecule has 0 aliphatic heterocycles. The van der Waals surface area contributed by atoms with Crippen LogP contribution in [0.5, 0.6) is 11.5 Å². The van der Waals surface area contributed by atoms with Gasteiger partial charge in [0.2, 0.25) is 0 Å². The molecule has 3 aromatic rings. The monoisotopic (exact) mass is 361 g/mol. The summed E-state index contributed by atoms with van der Waals surface area (Å²) < 4.78 is 11.5. The number of benzene rings is 3. The lowest BCUT2D eigenvalue weighted by Crippen LogP contribution is -2.30. The molecule has 0 saturated heterocycles. The molecule has 0 aliphatic carbocycles. The zero-order valence-corrected chi connectivity index (χ0v) is 15.5. The number of amides is 1. The summed E-state index contributed by atoms with van der Waals surface area (Å²) in [6.07, 6.45) is -0.610. The molecule has 138 valence electrons. The number of aryl methyl sites for hydroxylation is 1. The number of carbonyl (C=O) groups excluding carboxylic acids is 1. The van der Waals surface area contributed by atoms with Gasteiger partial charge in [0.25, 0.3) is 5.91 Å². The summed E-state index contributed by atoms with van der Waals surface area (Å²) in [6, 6.07) is 24.9. The van der Waals surface area contributed by atoms with Gasteiger partial charge in [-0.3, -0.25) is 4.79 Å². The van der Waals surface area contributed by atoms with Crippen molar-refractivity contribution in [3.8, 4) is 11.5 Å². The molecule has 4 heteroatoms. The van der Waals surface area contributed by atoms with E-state index < -0.39 is 6.10 Å². The van der Waals surface area contributed by atoms with Gasteiger partial charge < -0.3 is 14.8 Å². The van der Waals surface area contributed by atoms with Crippen LogP contribution >= 0.6 is 0 Å². The molecule has 0 fully saturated rings. The van der Waals surface area contributed by atoms with Crippen LogP contribution in [-0.4, -0.2) is 12.0 Å². The molecule has 0 spiro atoms. The van der Waals surface area contributed by atoms with Gasteiger partial charge in [-0.2, -0.15) is 0 Å². The molecular weight excluding hydrogens is 338 g/mol. The Kier molecular flexibility index (Phi) is 6.10. The highest BCUT2D eigenvalue weighted by Gasteiger charge is 2.15. The minimum Gasteiger partial charge on any atom is -0.489 e. The smallest absolute Gasteiger partial charge is 0.265 e. The van der Waals surface area contributed by atoms with E-state index in [0.717, 1.165) is 11.1 Å². The van der Waals surface area contributed by atoms with Crippen LogP contribution in [0.4, 0.5) is 5.69 Å². The fraction of sp³-hybridized carbons (Fsp3) is 0.174. The number of rotatable bonds is 7.